The van der Waals surface area contributed by atoms with E-state index in [2.05, 4.69) is 34.6 Å². The van der Waals surface area contributed by atoms with Gasteiger partial charge in [-0.1, -0.05) is 214 Å². The molecule has 0 heterocycles. The number of unbranched alkanes of at least 4 members (excludes halogenated alkanes) is 26. The van der Waals surface area contributed by atoms with Crippen LogP contribution in [-0.4, -0.2) is 37.2 Å². The lowest BCUT2D eigenvalue weighted by atomic mass is 10.0. The van der Waals surface area contributed by atoms with Crippen LogP contribution in [0.15, 0.2) is 0 Å². The van der Waals surface area contributed by atoms with Gasteiger partial charge in [0.05, 0.1) is 0 Å². The van der Waals surface area contributed by atoms with Gasteiger partial charge in [-0.05, 0) is 31.1 Å². The zero-order valence-electron chi connectivity index (χ0n) is 36.1. The number of esters is 3. The van der Waals surface area contributed by atoms with E-state index in [4.69, 9.17) is 14.2 Å². The predicted molar refractivity (Wildman–Crippen MR) is 224 cm³/mol. The average molecular weight is 751 g/mol. The highest BCUT2D eigenvalue weighted by atomic mass is 16.6. The van der Waals surface area contributed by atoms with E-state index in [9.17, 15) is 14.4 Å². The van der Waals surface area contributed by atoms with Crippen molar-refractivity contribution in [2.45, 2.75) is 259 Å². The molecule has 0 bridgehead atoms. The topological polar surface area (TPSA) is 78.9 Å². The fourth-order valence-corrected chi connectivity index (χ4v) is 6.93. The van der Waals surface area contributed by atoms with Crippen molar-refractivity contribution < 1.29 is 28.6 Å². The molecule has 0 N–H and O–H groups in total. The smallest absolute Gasteiger partial charge is 0.306 e. The zero-order valence-corrected chi connectivity index (χ0v) is 36.1. The van der Waals surface area contributed by atoms with Crippen LogP contribution in [-0.2, 0) is 28.6 Å². The molecule has 314 valence electrons. The van der Waals surface area contributed by atoms with E-state index < -0.39 is 6.10 Å². The van der Waals surface area contributed by atoms with Crippen molar-refractivity contribution >= 4 is 17.9 Å². The third kappa shape index (κ3) is 41.4. The molecule has 6 heteroatoms. The first kappa shape index (κ1) is 51.4. The molecule has 0 aromatic rings. The van der Waals surface area contributed by atoms with E-state index in [1.54, 1.807) is 0 Å². The van der Waals surface area contributed by atoms with Gasteiger partial charge in [-0.2, -0.15) is 0 Å². The van der Waals surface area contributed by atoms with Gasteiger partial charge in [-0.25, -0.2) is 0 Å². The lowest BCUT2D eigenvalue weighted by Gasteiger charge is -2.18. The van der Waals surface area contributed by atoms with Crippen LogP contribution in [0, 0.1) is 11.8 Å². The Balaban J connectivity index is 4.10. The van der Waals surface area contributed by atoms with Crippen molar-refractivity contribution in [3.8, 4) is 0 Å². The van der Waals surface area contributed by atoms with Crippen LogP contribution in [0.5, 0.6) is 0 Å². The molecule has 0 aromatic carbocycles. The first-order valence-corrected chi connectivity index (χ1v) is 23.2. The van der Waals surface area contributed by atoms with Crippen LogP contribution in [0.25, 0.3) is 0 Å². The van der Waals surface area contributed by atoms with Crippen LogP contribution >= 0.6 is 0 Å². The summed E-state index contributed by atoms with van der Waals surface area (Å²) in [5.74, 6) is 0.775. The molecule has 0 radical (unpaired) electrons. The van der Waals surface area contributed by atoms with Crippen LogP contribution < -0.4 is 0 Å². The summed E-state index contributed by atoms with van der Waals surface area (Å²) in [5, 5.41) is 0. The molecule has 0 aliphatic carbocycles. The summed E-state index contributed by atoms with van der Waals surface area (Å²) in [7, 11) is 0. The van der Waals surface area contributed by atoms with Crippen molar-refractivity contribution in [3.63, 3.8) is 0 Å². The van der Waals surface area contributed by atoms with Gasteiger partial charge < -0.3 is 14.2 Å². The van der Waals surface area contributed by atoms with Gasteiger partial charge in [0.15, 0.2) is 6.10 Å². The molecule has 0 spiro atoms. The molecule has 53 heavy (non-hydrogen) atoms. The maximum absolute atomic E-state index is 12.6. The number of hydrogen-bond acceptors (Lipinski definition) is 6. The fourth-order valence-electron chi connectivity index (χ4n) is 6.93. The molecule has 0 amide bonds. The molecule has 1 atom stereocenters. The minimum absolute atomic E-state index is 0.0659. The molecular weight excluding hydrogens is 661 g/mol. The number of ether oxygens (including phenoxy) is 3. The zero-order chi connectivity index (χ0) is 39.0. The highest BCUT2D eigenvalue weighted by molar-refractivity contribution is 5.71. The Hall–Kier alpha value is -1.59. The molecule has 0 aliphatic heterocycles. The second-order valence-corrected chi connectivity index (χ2v) is 17.0. The summed E-state index contributed by atoms with van der Waals surface area (Å²) in [6, 6.07) is 0. The number of rotatable bonds is 41. The Morgan fingerprint density at radius 2 is 0.623 bits per heavy atom. The van der Waals surface area contributed by atoms with Gasteiger partial charge in [-0.3, -0.25) is 14.4 Å². The van der Waals surface area contributed by atoms with E-state index in [-0.39, 0.29) is 31.1 Å². The molecule has 0 saturated heterocycles. The van der Waals surface area contributed by atoms with E-state index in [1.807, 2.05) is 0 Å². The molecule has 0 aromatic heterocycles. The van der Waals surface area contributed by atoms with E-state index in [1.165, 1.54) is 135 Å². The van der Waals surface area contributed by atoms with Gasteiger partial charge in [0.1, 0.15) is 13.2 Å². The molecule has 0 fully saturated rings. The lowest BCUT2D eigenvalue weighted by molar-refractivity contribution is -0.167. The molecule has 0 saturated carbocycles. The van der Waals surface area contributed by atoms with Gasteiger partial charge >= 0.3 is 17.9 Å². The first-order valence-electron chi connectivity index (χ1n) is 23.2. The second-order valence-electron chi connectivity index (χ2n) is 17.0. The molecule has 0 unspecified atom stereocenters. The minimum atomic E-state index is -0.759. The standard InChI is InChI=1S/C47H90O6/c1-6-7-8-25-32-37-45(48)51-40-44(53-47(50)39-34-29-24-20-19-22-27-31-36-43(4)5)41-52-46(49)38-33-28-23-18-16-14-12-10-9-11-13-15-17-21-26-30-35-42(2)3/h42-44H,6-41H2,1-5H3/t44-/m1/s1. The third-order valence-electron chi connectivity index (χ3n) is 10.5. The Kier molecular flexibility index (Phi) is 38.9. The summed E-state index contributed by atoms with van der Waals surface area (Å²) < 4.78 is 16.6. The molecule has 0 rings (SSSR count). The maximum atomic E-state index is 12.6. The van der Waals surface area contributed by atoms with Crippen molar-refractivity contribution in [1.29, 1.82) is 0 Å². The Bertz CT molecular complexity index is 809. The van der Waals surface area contributed by atoms with Crippen LogP contribution in [0.1, 0.15) is 253 Å². The second kappa shape index (κ2) is 40.1. The summed E-state index contributed by atoms with van der Waals surface area (Å²) in [6.07, 6.45) is 38.4. The largest absolute Gasteiger partial charge is 0.462 e. The van der Waals surface area contributed by atoms with Crippen molar-refractivity contribution in [1.82, 2.24) is 0 Å². The Morgan fingerprint density at radius 1 is 0.358 bits per heavy atom. The quantitative estimate of drug-likeness (QED) is 0.0352. The minimum Gasteiger partial charge on any atom is -0.462 e. The van der Waals surface area contributed by atoms with Gasteiger partial charge in [-0.15, -0.1) is 0 Å². The average Bonchev–Trinajstić information content (AvgIpc) is 3.12. The van der Waals surface area contributed by atoms with E-state index >= 15 is 0 Å². The summed E-state index contributed by atoms with van der Waals surface area (Å²) in [6.45, 7) is 11.2. The fraction of sp³-hybridized carbons (Fsp3) is 0.936. The van der Waals surface area contributed by atoms with E-state index in [0.29, 0.717) is 19.3 Å². The van der Waals surface area contributed by atoms with Gasteiger partial charge in [0.2, 0.25) is 0 Å². The first-order chi connectivity index (χ1) is 25.7. The van der Waals surface area contributed by atoms with Crippen molar-refractivity contribution in [3.05, 3.63) is 0 Å². The Morgan fingerprint density at radius 3 is 0.925 bits per heavy atom. The number of hydrogen-bond donors (Lipinski definition) is 0. The SMILES string of the molecule is CCCCCCCC(=O)OC[C@H](COC(=O)CCCCCCCCCCCCCCCCCCC(C)C)OC(=O)CCCCCCCCCCC(C)C. The normalized spacial score (nSPS) is 12.1. The third-order valence-corrected chi connectivity index (χ3v) is 10.5. The van der Waals surface area contributed by atoms with Crippen LogP contribution in [0.3, 0.4) is 0 Å². The maximum Gasteiger partial charge on any atom is 0.306 e. The van der Waals surface area contributed by atoms with E-state index in [0.717, 1.165) is 76.0 Å². The Labute approximate surface area is 329 Å². The molecule has 6 nitrogen and oxygen atoms in total. The monoisotopic (exact) mass is 751 g/mol. The van der Waals surface area contributed by atoms with Crippen LogP contribution in [0.2, 0.25) is 0 Å². The lowest BCUT2D eigenvalue weighted by Crippen LogP contribution is -2.30. The highest BCUT2D eigenvalue weighted by Gasteiger charge is 2.19. The van der Waals surface area contributed by atoms with Gasteiger partial charge in [0, 0.05) is 19.3 Å². The van der Waals surface area contributed by atoms with Crippen molar-refractivity contribution in [2.24, 2.45) is 11.8 Å². The molecule has 0 aliphatic rings. The number of carbonyl (C=O) groups excluding carboxylic acids is 3. The summed E-state index contributed by atoms with van der Waals surface area (Å²) in [5.41, 5.74) is 0. The van der Waals surface area contributed by atoms with Crippen LogP contribution in [0.4, 0.5) is 0 Å². The molecular formula is C47H90O6. The highest BCUT2D eigenvalue weighted by Crippen LogP contribution is 2.17. The van der Waals surface area contributed by atoms with Gasteiger partial charge in [0.25, 0.3) is 0 Å². The number of carbonyl (C=O) groups is 3. The summed E-state index contributed by atoms with van der Waals surface area (Å²) >= 11 is 0. The summed E-state index contributed by atoms with van der Waals surface area (Å²) in [4.78, 5) is 37.4. The predicted octanol–water partition coefficient (Wildman–Crippen LogP) is 14.6. The van der Waals surface area contributed by atoms with Crippen molar-refractivity contribution in [2.75, 3.05) is 13.2 Å².